The van der Waals surface area contributed by atoms with Crippen LogP contribution in [0.3, 0.4) is 0 Å². The molecular formula is C34H38ClN3O6. The van der Waals surface area contributed by atoms with Gasteiger partial charge in [0.2, 0.25) is 17.7 Å². The molecule has 2 bridgehead atoms. The van der Waals surface area contributed by atoms with Gasteiger partial charge < -0.3 is 29.7 Å². The van der Waals surface area contributed by atoms with E-state index in [2.05, 4.69) is 24.5 Å². The number of aryl methyl sites for hydroxylation is 1. The molecule has 1 spiro atoms. The molecule has 4 aliphatic heterocycles. The number of nitrogens with zero attached hydrogens (tertiary/aromatic N) is 1. The summed E-state index contributed by atoms with van der Waals surface area (Å²) in [6.45, 7) is 6.62. The molecule has 3 fully saturated rings. The fraction of sp³-hybridized carbons (Fsp3) is 0.500. The number of hydrogen-bond donors (Lipinski definition) is 2. The Hall–Kier alpha value is -3.56. The first-order valence-corrected chi connectivity index (χ1v) is 16.0. The number of anilines is 1. The third-order valence-corrected chi connectivity index (χ3v) is 10.8. The quantitative estimate of drug-likeness (QED) is 0.461. The van der Waals surface area contributed by atoms with Crippen LogP contribution in [0.4, 0.5) is 5.69 Å². The van der Waals surface area contributed by atoms with Crippen molar-refractivity contribution < 1.29 is 28.6 Å². The molecule has 2 aromatic rings. The SMILES string of the molecule is Cc1ccc(NC(=O)C2[C@H]3C=CC4(O3)C(C(=O)NC3CCCC(C)C3C)N(CC3COc5ccccc5O3)C(=O)[C@@H]24)cc1Cl. The Labute approximate surface area is 262 Å². The molecule has 7 rings (SSSR count). The van der Waals surface area contributed by atoms with E-state index in [1.165, 1.54) is 0 Å². The summed E-state index contributed by atoms with van der Waals surface area (Å²) >= 11 is 6.31. The molecule has 9 nitrogen and oxygen atoms in total. The number of nitrogens with one attached hydrogen (secondary N) is 2. The maximum atomic E-state index is 14.4. The molecule has 44 heavy (non-hydrogen) atoms. The zero-order valence-electron chi connectivity index (χ0n) is 25.1. The molecule has 0 radical (unpaired) electrons. The van der Waals surface area contributed by atoms with Crippen LogP contribution in [0.25, 0.3) is 0 Å². The minimum atomic E-state index is -1.27. The van der Waals surface area contributed by atoms with Crippen LogP contribution in [-0.4, -0.2) is 65.7 Å². The number of rotatable bonds is 6. The molecule has 232 valence electrons. The maximum Gasteiger partial charge on any atom is 0.246 e. The monoisotopic (exact) mass is 619 g/mol. The second kappa shape index (κ2) is 11.1. The summed E-state index contributed by atoms with van der Waals surface area (Å²) in [5, 5.41) is 6.77. The minimum Gasteiger partial charge on any atom is -0.486 e. The number of hydrogen-bond acceptors (Lipinski definition) is 6. The summed E-state index contributed by atoms with van der Waals surface area (Å²) < 4.78 is 18.7. The van der Waals surface area contributed by atoms with Gasteiger partial charge in [0.1, 0.15) is 18.2 Å². The first kappa shape index (κ1) is 29.2. The number of carbonyl (C=O) groups excluding carboxylic acids is 3. The zero-order valence-corrected chi connectivity index (χ0v) is 25.9. The van der Waals surface area contributed by atoms with E-state index in [1.807, 2.05) is 49.4 Å². The summed E-state index contributed by atoms with van der Waals surface area (Å²) in [7, 11) is 0. The molecule has 10 heteroatoms. The van der Waals surface area contributed by atoms with Crippen molar-refractivity contribution in [2.45, 2.75) is 69.9 Å². The molecule has 2 aromatic carbocycles. The smallest absolute Gasteiger partial charge is 0.246 e. The van der Waals surface area contributed by atoms with Crippen LogP contribution in [-0.2, 0) is 19.1 Å². The van der Waals surface area contributed by atoms with Crippen molar-refractivity contribution >= 4 is 35.0 Å². The lowest BCUT2D eigenvalue weighted by Crippen LogP contribution is -2.59. The Kier molecular flexibility index (Phi) is 7.36. The van der Waals surface area contributed by atoms with Crippen molar-refractivity contribution in [2.75, 3.05) is 18.5 Å². The van der Waals surface area contributed by atoms with Crippen LogP contribution in [0.15, 0.2) is 54.6 Å². The molecule has 1 saturated carbocycles. The topological polar surface area (TPSA) is 106 Å². The Morgan fingerprint density at radius 2 is 1.89 bits per heavy atom. The van der Waals surface area contributed by atoms with Gasteiger partial charge in [-0.3, -0.25) is 14.4 Å². The van der Waals surface area contributed by atoms with Crippen LogP contribution in [0.2, 0.25) is 5.02 Å². The summed E-state index contributed by atoms with van der Waals surface area (Å²) in [6.07, 6.45) is 5.57. The van der Waals surface area contributed by atoms with Crippen molar-refractivity contribution in [1.82, 2.24) is 10.2 Å². The van der Waals surface area contributed by atoms with Crippen LogP contribution >= 0.6 is 11.6 Å². The van der Waals surface area contributed by atoms with Gasteiger partial charge in [-0.2, -0.15) is 0 Å². The molecule has 3 amide bonds. The molecule has 0 aromatic heterocycles. The van der Waals surface area contributed by atoms with E-state index in [-0.39, 0.29) is 36.9 Å². The molecule has 7 unspecified atom stereocenters. The van der Waals surface area contributed by atoms with E-state index in [9.17, 15) is 14.4 Å². The van der Waals surface area contributed by atoms with Crippen LogP contribution in [0.5, 0.6) is 11.5 Å². The van der Waals surface area contributed by atoms with Crippen molar-refractivity contribution in [3.63, 3.8) is 0 Å². The van der Waals surface area contributed by atoms with Gasteiger partial charge in [0, 0.05) is 16.8 Å². The predicted octanol–water partition coefficient (Wildman–Crippen LogP) is 4.52. The molecule has 2 N–H and O–H groups in total. The Morgan fingerprint density at radius 3 is 2.68 bits per heavy atom. The number of para-hydroxylation sites is 2. The first-order chi connectivity index (χ1) is 21.2. The largest absolute Gasteiger partial charge is 0.486 e. The average molecular weight is 620 g/mol. The third-order valence-electron chi connectivity index (χ3n) is 10.4. The van der Waals surface area contributed by atoms with Gasteiger partial charge in [0.25, 0.3) is 0 Å². The lowest BCUT2D eigenvalue weighted by molar-refractivity contribution is -0.143. The number of benzene rings is 2. The van der Waals surface area contributed by atoms with Gasteiger partial charge in [-0.1, -0.05) is 68.6 Å². The van der Waals surface area contributed by atoms with Crippen LogP contribution < -0.4 is 20.1 Å². The predicted molar refractivity (Wildman–Crippen MR) is 165 cm³/mol. The van der Waals surface area contributed by atoms with E-state index in [0.717, 1.165) is 24.8 Å². The van der Waals surface area contributed by atoms with Crippen molar-refractivity contribution in [1.29, 1.82) is 0 Å². The van der Waals surface area contributed by atoms with Gasteiger partial charge in [0.15, 0.2) is 17.6 Å². The Bertz CT molecular complexity index is 1530. The highest BCUT2D eigenvalue weighted by Gasteiger charge is 2.73. The zero-order chi connectivity index (χ0) is 30.7. The Balaban J connectivity index is 1.19. The average Bonchev–Trinajstić information content (AvgIpc) is 3.65. The summed E-state index contributed by atoms with van der Waals surface area (Å²) in [4.78, 5) is 44.1. The van der Waals surface area contributed by atoms with Gasteiger partial charge in [-0.15, -0.1) is 0 Å². The molecule has 4 heterocycles. The van der Waals surface area contributed by atoms with Gasteiger partial charge in [-0.05, 0) is 55.0 Å². The number of likely N-dealkylation sites (tertiary alicyclic amines) is 1. The van der Waals surface area contributed by atoms with Crippen LogP contribution in [0.1, 0.15) is 38.7 Å². The second-order valence-corrected chi connectivity index (χ2v) is 13.4. The maximum absolute atomic E-state index is 14.4. The summed E-state index contributed by atoms with van der Waals surface area (Å²) in [5.41, 5.74) is 0.161. The molecule has 2 saturated heterocycles. The third kappa shape index (κ3) is 4.76. The lowest BCUT2D eigenvalue weighted by Gasteiger charge is -2.38. The normalized spacial score (nSPS) is 35.0. The van der Waals surface area contributed by atoms with Crippen molar-refractivity contribution in [3.8, 4) is 11.5 Å². The number of amides is 3. The van der Waals surface area contributed by atoms with Gasteiger partial charge >= 0.3 is 0 Å². The molecule has 9 atom stereocenters. The number of carbonyl (C=O) groups is 3. The standard InChI is InChI=1S/C34H38ClN3O6/c1-18-7-6-8-24(20(18)3)37-32(40)30-34-14-13-27(44-34)28(31(39)36-21-12-11-19(2)23(35)15-21)29(34)33(41)38(30)16-22-17-42-25-9-4-5-10-26(25)43-22/h4-5,9-15,18,20,22,24,27-30H,6-8,16-17H2,1-3H3,(H,36,39)(H,37,40)/t18?,20?,22?,24?,27-,28?,29-,30?,34?/m1/s1. The van der Waals surface area contributed by atoms with E-state index >= 15 is 0 Å². The number of fused-ring (bicyclic) bond motifs is 2. The highest BCUT2D eigenvalue weighted by Crippen LogP contribution is 2.55. The van der Waals surface area contributed by atoms with Crippen molar-refractivity contribution in [3.05, 3.63) is 65.2 Å². The minimum absolute atomic E-state index is 0.00671. The van der Waals surface area contributed by atoms with Gasteiger partial charge in [-0.25, -0.2) is 0 Å². The number of ether oxygens (including phenoxy) is 3. The fourth-order valence-electron chi connectivity index (χ4n) is 7.78. The molecule has 5 aliphatic rings. The number of halogens is 1. The van der Waals surface area contributed by atoms with E-state index in [0.29, 0.717) is 34.0 Å². The van der Waals surface area contributed by atoms with Crippen molar-refractivity contribution in [2.24, 2.45) is 23.7 Å². The molecule has 1 aliphatic carbocycles. The highest BCUT2D eigenvalue weighted by molar-refractivity contribution is 6.31. The fourth-order valence-corrected chi connectivity index (χ4v) is 7.96. The second-order valence-electron chi connectivity index (χ2n) is 13.0. The summed E-state index contributed by atoms with van der Waals surface area (Å²) in [6, 6.07) is 11.7. The van der Waals surface area contributed by atoms with E-state index < -0.39 is 35.7 Å². The lowest BCUT2D eigenvalue weighted by atomic mass is 9.73. The van der Waals surface area contributed by atoms with Crippen LogP contribution in [0, 0.1) is 30.6 Å². The molecular weight excluding hydrogens is 582 g/mol. The summed E-state index contributed by atoms with van der Waals surface area (Å²) in [5.74, 6) is -0.580. The van der Waals surface area contributed by atoms with E-state index in [1.54, 1.807) is 17.0 Å². The first-order valence-electron chi connectivity index (χ1n) is 15.6. The highest BCUT2D eigenvalue weighted by atomic mass is 35.5. The van der Waals surface area contributed by atoms with E-state index in [4.69, 9.17) is 25.8 Å². The Morgan fingerprint density at radius 1 is 1.09 bits per heavy atom. The van der Waals surface area contributed by atoms with Gasteiger partial charge in [0.05, 0.1) is 24.5 Å².